The van der Waals surface area contributed by atoms with Crippen LogP contribution in [0.1, 0.15) is 97.4 Å². The quantitative estimate of drug-likeness (QED) is 0.129. The molecule has 9 rings (SSSR count). The number of benzene rings is 3. The second-order valence-corrected chi connectivity index (χ2v) is 15.9. The lowest BCUT2D eigenvalue weighted by atomic mass is 9.88. The highest BCUT2D eigenvalue weighted by atomic mass is 16.5. The maximum absolute atomic E-state index is 13.5. The summed E-state index contributed by atoms with van der Waals surface area (Å²) in [6.07, 6.45) is 5.26. The average molecular weight is 785 g/mol. The van der Waals surface area contributed by atoms with Crippen LogP contribution in [-0.4, -0.2) is 62.6 Å². The number of nitrogens with zero attached hydrogens (tertiary/aromatic N) is 4. The molecule has 5 aromatic rings. The van der Waals surface area contributed by atoms with Crippen LogP contribution in [0.15, 0.2) is 66.7 Å². The minimum atomic E-state index is -0.457. The number of aryl methyl sites for hydroxylation is 4. The summed E-state index contributed by atoms with van der Waals surface area (Å²) in [6, 6.07) is 21.6. The van der Waals surface area contributed by atoms with Gasteiger partial charge in [0, 0.05) is 47.7 Å². The third-order valence-electron chi connectivity index (χ3n) is 12.0. The van der Waals surface area contributed by atoms with Gasteiger partial charge in [-0.15, -0.1) is 0 Å². The van der Waals surface area contributed by atoms with Gasteiger partial charge in [-0.3, -0.25) is 9.59 Å². The van der Waals surface area contributed by atoms with Gasteiger partial charge in [-0.2, -0.15) is 19.6 Å². The highest BCUT2D eigenvalue weighted by molar-refractivity contribution is 5.91. The van der Waals surface area contributed by atoms with Crippen LogP contribution in [0, 0.1) is 13.8 Å². The van der Waals surface area contributed by atoms with Gasteiger partial charge in [-0.25, -0.2) is 4.79 Å². The maximum Gasteiger partial charge on any atom is 0.407 e. The average Bonchev–Trinajstić information content (AvgIpc) is 3.75. The van der Waals surface area contributed by atoms with Crippen LogP contribution < -0.4 is 33.2 Å². The number of anilines is 4. The molecule has 4 heterocycles. The number of ether oxygens (including phenoxy) is 1. The molecule has 0 saturated carbocycles. The van der Waals surface area contributed by atoms with E-state index in [1.165, 1.54) is 9.36 Å². The van der Waals surface area contributed by atoms with E-state index >= 15 is 0 Å². The molecule has 0 bridgehead atoms. The summed E-state index contributed by atoms with van der Waals surface area (Å²) >= 11 is 0. The SMILES string of the molecule is Cc1cccc2c1NCC[C@@H]2C(=O)n1nc2c(c1N)C[C@@H](N)CC2.Cc1cccc2c1NCC[C@@H]2C(=O)n1nc2c(c1N)C[C@@H](NC(=O)OCc1ccccc1)CC2. The summed E-state index contributed by atoms with van der Waals surface area (Å²) in [4.78, 5) is 39.0. The largest absolute Gasteiger partial charge is 0.445 e. The van der Waals surface area contributed by atoms with Crippen molar-refractivity contribution in [3.05, 3.63) is 117 Å². The Kier molecular flexibility index (Phi) is 10.9. The summed E-state index contributed by atoms with van der Waals surface area (Å²) in [7, 11) is 0. The molecule has 14 heteroatoms. The molecule has 2 aliphatic heterocycles. The summed E-state index contributed by atoms with van der Waals surface area (Å²) in [5.41, 5.74) is 29.6. The number of alkyl carbamates (subject to hydrolysis) is 1. The number of nitrogens with one attached hydrogen (secondary N) is 3. The normalized spacial score (nSPS) is 20.3. The number of carbonyl (C=O) groups excluding carboxylic acids is 3. The second-order valence-electron chi connectivity index (χ2n) is 15.9. The summed E-state index contributed by atoms with van der Waals surface area (Å²) in [6.45, 7) is 5.82. The van der Waals surface area contributed by atoms with Gasteiger partial charge in [0.2, 0.25) is 0 Å². The molecule has 0 radical (unpaired) electrons. The molecule has 0 saturated heterocycles. The van der Waals surface area contributed by atoms with E-state index in [0.717, 1.165) is 94.1 Å². The molecular weight excluding hydrogens is 733 g/mol. The number of rotatable bonds is 5. The first-order chi connectivity index (χ1) is 28.1. The first kappa shape index (κ1) is 38.7. The molecule has 9 N–H and O–H groups in total. The maximum atomic E-state index is 13.5. The van der Waals surface area contributed by atoms with Gasteiger partial charge >= 0.3 is 6.09 Å². The van der Waals surface area contributed by atoms with Crippen LogP contribution in [0.25, 0.3) is 0 Å². The molecule has 4 atom stereocenters. The van der Waals surface area contributed by atoms with Crippen molar-refractivity contribution in [3.8, 4) is 0 Å². The monoisotopic (exact) mass is 784 g/mol. The van der Waals surface area contributed by atoms with Gasteiger partial charge in [0.15, 0.2) is 0 Å². The van der Waals surface area contributed by atoms with Crippen molar-refractivity contribution in [3.63, 3.8) is 0 Å². The van der Waals surface area contributed by atoms with Gasteiger partial charge in [-0.05, 0) is 93.0 Å². The highest BCUT2D eigenvalue weighted by Gasteiger charge is 2.35. The molecule has 3 aromatic carbocycles. The van der Waals surface area contributed by atoms with Crippen molar-refractivity contribution in [1.82, 2.24) is 24.9 Å². The van der Waals surface area contributed by atoms with E-state index in [1.807, 2.05) is 67.6 Å². The number of hydrogen-bond donors (Lipinski definition) is 6. The number of nitrogens with two attached hydrogens (primary N) is 3. The number of para-hydroxylation sites is 2. The first-order valence-corrected chi connectivity index (χ1v) is 20.3. The fourth-order valence-electron chi connectivity index (χ4n) is 8.85. The van der Waals surface area contributed by atoms with E-state index < -0.39 is 6.09 Å². The summed E-state index contributed by atoms with van der Waals surface area (Å²) in [5, 5.41) is 18.9. The van der Waals surface area contributed by atoms with E-state index in [1.54, 1.807) is 0 Å². The standard InChI is InChI=1S/C26H29N5O3.C18H23N5O/c1-16-6-5-9-19-20(12-13-28-23(16)19)25(32)31-24(27)21-14-18(10-11-22(21)30-31)29-26(33)34-15-17-7-3-2-4-8-17;1-10-3-2-4-12-13(7-8-21-16(10)12)18(24)23-17(20)14-9-11(19)5-6-15(14)22-23/h2-9,18,20,28H,10-15,27H2,1H3,(H,29,33);2-4,11,13,21H,5-9,19-20H2,1H3/t18-,20-;11-,13-/m00/s1. The second kappa shape index (κ2) is 16.4. The van der Waals surface area contributed by atoms with Crippen molar-refractivity contribution >= 4 is 40.9 Å². The van der Waals surface area contributed by atoms with Crippen LogP contribution in [0.3, 0.4) is 0 Å². The van der Waals surface area contributed by atoms with Gasteiger partial charge in [0.25, 0.3) is 11.8 Å². The Morgan fingerprint density at radius 1 is 0.724 bits per heavy atom. The molecule has 0 unspecified atom stereocenters. The van der Waals surface area contributed by atoms with Crippen molar-refractivity contribution in [1.29, 1.82) is 0 Å². The van der Waals surface area contributed by atoms with Gasteiger partial charge < -0.3 is 37.9 Å². The molecule has 0 spiro atoms. The Morgan fingerprint density at radius 2 is 1.26 bits per heavy atom. The Bertz CT molecular complexity index is 2350. The lowest BCUT2D eigenvalue weighted by molar-refractivity contribution is 0.0851. The van der Waals surface area contributed by atoms with Crippen LogP contribution in [0.4, 0.5) is 27.8 Å². The third kappa shape index (κ3) is 7.63. The Hall–Kier alpha value is -6.15. The van der Waals surface area contributed by atoms with Crippen LogP contribution in [-0.2, 0) is 37.0 Å². The zero-order chi connectivity index (χ0) is 40.5. The van der Waals surface area contributed by atoms with E-state index in [-0.39, 0.29) is 42.3 Å². The van der Waals surface area contributed by atoms with Crippen molar-refractivity contribution in [2.24, 2.45) is 5.73 Å². The van der Waals surface area contributed by atoms with Gasteiger partial charge in [0.1, 0.15) is 18.2 Å². The van der Waals surface area contributed by atoms with Gasteiger partial charge in [0.05, 0.1) is 23.2 Å². The molecule has 58 heavy (non-hydrogen) atoms. The Morgan fingerprint density at radius 3 is 1.83 bits per heavy atom. The molecule has 302 valence electrons. The van der Waals surface area contributed by atoms with E-state index in [9.17, 15) is 14.4 Å². The number of carbonyl (C=O) groups is 3. The minimum absolute atomic E-state index is 0.0381. The van der Waals surface area contributed by atoms with Crippen molar-refractivity contribution < 1.29 is 19.1 Å². The Balaban J connectivity index is 0.000000172. The highest BCUT2D eigenvalue weighted by Crippen LogP contribution is 2.38. The molecule has 0 fully saturated rings. The lowest BCUT2D eigenvalue weighted by Crippen LogP contribution is -2.39. The third-order valence-corrected chi connectivity index (χ3v) is 12.0. The Labute approximate surface area is 337 Å². The smallest absolute Gasteiger partial charge is 0.407 e. The molecular formula is C44H52N10O4. The molecule has 1 amide bonds. The summed E-state index contributed by atoms with van der Waals surface area (Å²) < 4.78 is 8.15. The minimum Gasteiger partial charge on any atom is -0.445 e. The fourth-order valence-corrected chi connectivity index (χ4v) is 8.85. The predicted molar refractivity (Wildman–Crippen MR) is 224 cm³/mol. The predicted octanol–water partition coefficient (Wildman–Crippen LogP) is 5.63. The first-order valence-electron chi connectivity index (χ1n) is 20.3. The zero-order valence-electron chi connectivity index (χ0n) is 33.1. The number of nitrogen functional groups attached to an aromatic ring is 2. The molecule has 14 nitrogen and oxygen atoms in total. The number of amides is 1. The van der Waals surface area contributed by atoms with Crippen LogP contribution in [0.2, 0.25) is 0 Å². The lowest BCUT2D eigenvalue weighted by Gasteiger charge is -2.27. The number of aromatic nitrogens is 4. The zero-order valence-corrected chi connectivity index (χ0v) is 33.1. The number of hydrogen-bond acceptors (Lipinski definition) is 11. The number of fused-ring (bicyclic) bond motifs is 4. The molecule has 4 aliphatic rings. The summed E-state index contributed by atoms with van der Waals surface area (Å²) in [5.74, 6) is 0.200. The van der Waals surface area contributed by atoms with Gasteiger partial charge in [-0.1, -0.05) is 66.7 Å². The van der Waals surface area contributed by atoms with E-state index in [2.05, 4.69) is 39.1 Å². The fraction of sp³-hybridized carbons (Fsp3) is 0.386. The van der Waals surface area contributed by atoms with Crippen LogP contribution >= 0.6 is 0 Å². The molecule has 2 aromatic heterocycles. The van der Waals surface area contributed by atoms with Crippen molar-refractivity contribution in [2.45, 2.75) is 95.7 Å². The van der Waals surface area contributed by atoms with Crippen LogP contribution in [0.5, 0.6) is 0 Å². The van der Waals surface area contributed by atoms with E-state index in [4.69, 9.17) is 21.9 Å². The topological polar surface area (TPSA) is 210 Å². The van der Waals surface area contributed by atoms with Crippen molar-refractivity contribution in [2.75, 3.05) is 35.2 Å². The molecule has 2 aliphatic carbocycles. The van der Waals surface area contributed by atoms with E-state index in [0.29, 0.717) is 43.7 Å².